The molecule has 38 heavy (non-hydrogen) atoms. The third-order valence-electron chi connectivity index (χ3n) is 9.04. The monoisotopic (exact) mass is 551 g/mol. The molecule has 5 rings (SSSR count). The standard InChI is InChI=1S/C29H33F4NO3S/c1-19-3-5-20(6-4-19)18-28-13-14-34(26(35)21-11-15-38(36,37)16-12-21)25(28)10-7-22-17-23(8-9-24(22)28)27(2,30)29(31,32)33/h3-6,8-9,17,21,25H,7,10-16,18H2,1-2H3. The zero-order valence-corrected chi connectivity index (χ0v) is 22.5. The molecule has 2 heterocycles. The Hall–Kier alpha value is -2.42. The van der Waals surface area contributed by atoms with Gasteiger partial charge < -0.3 is 4.90 Å². The minimum atomic E-state index is -5.03. The molecule has 4 nitrogen and oxygen atoms in total. The SMILES string of the molecule is Cc1ccc(CC23CCN(C(=O)C4CCS(=O)(=O)CC4)C2CCc2cc(C(C)(F)C(F)(F)F)ccc23)cc1. The number of hydrogen-bond donors (Lipinski definition) is 0. The van der Waals surface area contributed by atoms with Gasteiger partial charge in [-0.15, -0.1) is 0 Å². The second-order valence-electron chi connectivity index (χ2n) is 11.5. The predicted molar refractivity (Wildman–Crippen MR) is 137 cm³/mol. The number of benzene rings is 2. The van der Waals surface area contributed by atoms with E-state index in [0.717, 1.165) is 16.7 Å². The lowest BCUT2D eigenvalue weighted by Gasteiger charge is -2.44. The molecular formula is C29H33F4NO3S. The Morgan fingerprint density at radius 2 is 1.68 bits per heavy atom. The fourth-order valence-electron chi connectivity index (χ4n) is 6.73. The highest BCUT2D eigenvalue weighted by atomic mass is 32.2. The van der Waals surface area contributed by atoms with Gasteiger partial charge >= 0.3 is 6.18 Å². The number of nitrogens with zero attached hydrogens (tertiary/aromatic N) is 1. The highest BCUT2D eigenvalue weighted by Crippen LogP contribution is 2.51. The molecule has 9 heteroatoms. The van der Waals surface area contributed by atoms with Crippen molar-refractivity contribution >= 4 is 15.7 Å². The van der Waals surface area contributed by atoms with Crippen LogP contribution in [-0.4, -0.2) is 49.5 Å². The Bertz CT molecular complexity index is 1320. The minimum absolute atomic E-state index is 0.0171. The average Bonchev–Trinajstić information content (AvgIpc) is 3.23. The first-order valence-corrected chi connectivity index (χ1v) is 15.0. The van der Waals surface area contributed by atoms with Gasteiger partial charge in [-0.25, -0.2) is 12.8 Å². The fraction of sp³-hybridized carbons (Fsp3) is 0.552. The molecule has 0 bridgehead atoms. The lowest BCUT2D eigenvalue weighted by atomic mass is 9.63. The Labute approximate surface area is 221 Å². The molecule has 3 unspecified atom stereocenters. The van der Waals surface area contributed by atoms with Gasteiger partial charge in [0.1, 0.15) is 9.84 Å². The number of rotatable bonds is 4. The molecule has 0 N–H and O–H groups in total. The molecule has 2 aromatic carbocycles. The van der Waals surface area contributed by atoms with E-state index >= 15 is 0 Å². The highest BCUT2D eigenvalue weighted by molar-refractivity contribution is 7.91. The predicted octanol–water partition coefficient (Wildman–Crippen LogP) is 5.59. The number of sulfone groups is 1. The first kappa shape index (κ1) is 27.2. The molecule has 0 radical (unpaired) electrons. The van der Waals surface area contributed by atoms with Crippen molar-refractivity contribution in [2.24, 2.45) is 5.92 Å². The number of halogens is 4. The molecule has 2 saturated heterocycles. The summed E-state index contributed by atoms with van der Waals surface area (Å²) < 4.78 is 79.1. The van der Waals surface area contributed by atoms with Gasteiger partial charge in [-0.3, -0.25) is 4.79 Å². The summed E-state index contributed by atoms with van der Waals surface area (Å²) in [5.74, 6) is -0.326. The number of hydrogen-bond acceptors (Lipinski definition) is 3. The van der Waals surface area contributed by atoms with Crippen molar-refractivity contribution in [2.45, 2.75) is 75.7 Å². The molecule has 2 aliphatic heterocycles. The highest BCUT2D eigenvalue weighted by Gasteiger charge is 2.56. The van der Waals surface area contributed by atoms with Gasteiger partial charge in [-0.2, -0.15) is 13.2 Å². The summed E-state index contributed by atoms with van der Waals surface area (Å²) in [6.45, 7) is 3.06. The summed E-state index contributed by atoms with van der Waals surface area (Å²) >= 11 is 0. The molecule has 3 aliphatic rings. The van der Waals surface area contributed by atoms with E-state index in [9.17, 15) is 30.8 Å². The van der Waals surface area contributed by atoms with Gasteiger partial charge in [0, 0.05) is 23.9 Å². The first-order chi connectivity index (χ1) is 17.7. The molecule has 1 aliphatic carbocycles. The molecule has 2 aromatic rings. The molecular weight excluding hydrogens is 518 g/mol. The van der Waals surface area contributed by atoms with Crippen molar-refractivity contribution in [1.82, 2.24) is 4.90 Å². The maximum absolute atomic E-state index is 14.9. The van der Waals surface area contributed by atoms with Gasteiger partial charge in [-0.05, 0) is 74.6 Å². The fourth-order valence-corrected chi connectivity index (χ4v) is 8.22. The van der Waals surface area contributed by atoms with E-state index < -0.39 is 32.7 Å². The van der Waals surface area contributed by atoms with Crippen LogP contribution in [0.4, 0.5) is 17.6 Å². The van der Waals surface area contributed by atoms with Crippen molar-refractivity contribution < 1.29 is 30.8 Å². The second-order valence-corrected chi connectivity index (χ2v) is 13.8. The maximum Gasteiger partial charge on any atom is 0.426 e. The summed E-state index contributed by atoms with van der Waals surface area (Å²) in [7, 11) is -3.10. The Kier molecular flexibility index (Phi) is 6.68. The van der Waals surface area contributed by atoms with Gasteiger partial charge in [0.25, 0.3) is 0 Å². The zero-order valence-electron chi connectivity index (χ0n) is 21.7. The zero-order chi connectivity index (χ0) is 27.5. The molecule has 1 amide bonds. The van der Waals surface area contributed by atoms with Crippen LogP contribution in [0.25, 0.3) is 0 Å². The second kappa shape index (κ2) is 9.35. The van der Waals surface area contributed by atoms with Crippen molar-refractivity contribution in [3.63, 3.8) is 0 Å². The largest absolute Gasteiger partial charge is 0.426 e. The van der Waals surface area contributed by atoms with Crippen LogP contribution in [-0.2, 0) is 38.6 Å². The molecule has 3 atom stereocenters. The van der Waals surface area contributed by atoms with Crippen molar-refractivity contribution in [3.8, 4) is 0 Å². The van der Waals surface area contributed by atoms with Crippen LogP contribution >= 0.6 is 0 Å². The number of aryl methyl sites for hydroxylation is 2. The molecule has 0 spiro atoms. The van der Waals surface area contributed by atoms with E-state index in [1.165, 1.54) is 12.1 Å². The van der Waals surface area contributed by atoms with Crippen LogP contribution in [0.2, 0.25) is 0 Å². The molecule has 0 saturated carbocycles. The van der Waals surface area contributed by atoms with Crippen molar-refractivity contribution in [1.29, 1.82) is 0 Å². The quantitative estimate of drug-likeness (QED) is 0.466. The third-order valence-corrected chi connectivity index (χ3v) is 10.8. The average molecular weight is 552 g/mol. The normalized spacial score (nSPS) is 26.9. The summed E-state index contributed by atoms with van der Waals surface area (Å²) in [6, 6.07) is 12.2. The van der Waals surface area contributed by atoms with Gasteiger partial charge in [-0.1, -0.05) is 48.0 Å². The lowest BCUT2D eigenvalue weighted by Crippen LogP contribution is -2.51. The Balaban J connectivity index is 1.53. The number of amides is 1. The van der Waals surface area contributed by atoms with Crippen LogP contribution in [0.15, 0.2) is 42.5 Å². The van der Waals surface area contributed by atoms with Crippen molar-refractivity contribution in [2.75, 3.05) is 18.1 Å². The van der Waals surface area contributed by atoms with E-state index in [2.05, 4.69) is 0 Å². The minimum Gasteiger partial charge on any atom is -0.339 e. The number of fused-ring (bicyclic) bond motifs is 3. The van der Waals surface area contributed by atoms with E-state index in [1.54, 1.807) is 6.07 Å². The van der Waals surface area contributed by atoms with Crippen LogP contribution in [0.5, 0.6) is 0 Å². The smallest absolute Gasteiger partial charge is 0.339 e. The molecule has 206 valence electrons. The lowest BCUT2D eigenvalue weighted by molar-refractivity contribution is -0.228. The third kappa shape index (κ3) is 4.65. The van der Waals surface area contributed by atoms with Crippen LogP contribution < -0.4 is 0 Å². The summed E-state index contributed by atoms with van der Waals surface area (Å²) in [5, 5.41) is 0. The Morgan fingerprint density at radius 1 is 1.03 bits per heavy atom. The molecule has 2 fully saturated rings. The van der Waals surface area contributed by atoms with Gasteiger partial charge in [0.2, 0.25) is 11.6 Å². The van der Waals surface area contributed by atoms with Crippen molar-refractivity contribution in [3.05, 3.63) is 70.3 Å². The van der Waals surface area contributed by atoms with E-state index in [4.69, 9.17) is 0 Å². The van der Waals surface area contributed by atoms with E-state index in [1.807, 2.05) is 36.1 Å². The molecule has 0 aromatic heterocycles. The number of alkyl halides is 4. The Morgan fingerprint density at radius 3 is 2.32 bits per heavy atom. The number of likely N-dealkylation sites (tertiary alicyclic amines) is 1. The van der Waals surface area contributed by atoms with Crippen LogP contribution in [0, 0.1) is 12.8 Å². The summed E-state index contributed by atoms with van der Waals surface area (Å²) in [5.41, 5.74) is -0.593. The van der Waals surface area contributed by atoms with Crippen LogP contribution in [0.3, 0.4) is 0 Å². The number of carbonyl (C=O) groups is 1. The van der Waals surface area contributed by atoms with Gasteiger partial charge in [0.15, 0.2) is 0 Å². The van der Waals surface area contributed by atoms with E-state index in [-0.39, 0.29) is 29.4 Å². The summed E-state index contributed by atoms with van der Waals surface area (Å²) in [6.07, 6.45) is -2.12. The van der Waals surface area contributed by atoms with E-state index in [0.29, 0.717) is 57.6 Å². The van der Waals surface area contributed by atoms with Gasteiger partial charge in [0.05, 0.1) is 11.5 Å². The maximum atomic E-state index is 14.9. The number of carbonyl (C=O) groups excluding carboxylic acids is 1. The first-order valence-electron chi connectivity index (χ1n) is 13.2. The topological polar surface area (TPSA) is 54.5 Å². The van der Waals surface area contributed by atoms with Crippen LogP contribution in [0.1, 0.15) is 60.4 Å². The summed E-state index contributed by atoms with van der Waals surface area (Å²) in [4.78, 5) is 15.6.